The van der Waals surface area contributed by atoms with Gasteiger partial charge in [-0.1, -0.05) is 41.0 Å². The van der Waals surface area contributed by atoms with Crippen molar-refractivity contribution in [1.29, 1.82) is 0 Å². The van der Waals surface area contributed by atoms with E-state index >= 15 is 0 Å². The summed E-state index contributed by atoms with van der Waals surface area (Å²) in [4.78, 5) is 20.7. The molecule has 2 aromatic heterocycles. The topological polar surface area (TPSA) is 94.1 Å². The van der Waals surface area contributed by atoms with Crippen LogP contribution < -0.4 is 5.32 Å². The molecule has 2 heterocycles. The zero-order valence-corrected chi connectivity index (χ0v) is 14.7. The number of amides is 1. The van der Waals surface area contributed by atoms with Crippen LogP contribution in [0.3, 0.4) is 0 Å². The van der Waals surface area contributed by atoms with Crippen molar-refractivity contribution in [3.63, 3.8) is 0 Å². The van der Waals surface area contributed by atoms with Gasteiger partial charge in [0.05, 0.1) is 6.54 Å². The van der Waals surface area contributed by atoms with E-state index in [1.807, 2.05) is 36.4 Å². The first-order valence-corrected chi connectivity index (χ1v) is 8.44. The lowest BCUT2D eigenvalue weighted by atomic mass is 10.2. The van der Waals surface area contributed by atoms with Crippen molar-refractivity contribution in [2.45, 2.75) is 6.54 Å². The van der Waals surface area contributed by atoms with Crippen LogP contribution in [0.2, 0.25) is 5.02 Å². The van der Waals surface area contributed by atoms with E-state index < -0.39 is 5.91 Å². The molecule has 0 aliphatic rings. The first-order valence-electron chi connectivity index (χ1n) is 8.07. The smallest absolute Gasteiger partial charge is 0.273 e. The number of halogens is 1. The Morgan fingerprint density at radius 3 is 2.63 bits per heavy atom. The largest absolute Gasteiger partial charge is 0.444 e. The number of oxazole rings is 1. The van der Waals surface area contributed by atoms with E-state index in [0.717, 1.165) is 5.56 Å². The van der Waals surface area contributed by atoms with E-state index in [1.165, 1.54) is 6.26 Å². The van der Waals surface area contributed by atoms with Crippen molar-refractivity contribution in [3.05, 3.63) is 77.4 Å². The zero-order chi connectivity index (χ0) is 18.6. The van der Waals surface area contributed by atoms with Crippen molar-refractivity contribution >= 4 is 17.5 Å². The molecule has 27 heavy (non-hydrogen) atoms. The molecule has 0 bridgehead atoms. The van der Waals surface area contributed by atoms with Crippen LogP contribution in [0.25, 0.3) is 22.9 Å². The number of nitrogens with zero attached hydrogens (tertiary/aromatic N) is 3. The van der Waals surface area contributed by atoms with Crippen LogP contribution >= 0.6 is 11.6 Å². The number of carbonyl (C=O) groups is 1. The average Bonchev–Trinajstić information content (AvgIpc) is 3.37. The molecule has 4 aromatic rings. The van der Waals surface area contributed by atoms with Gasteiger partial charge in [-0.3, -0.25) is 4.79 Å². The summed E-state index contributed by atoms with van der Waals surface area (Å²) in [7, 11) is 0. The lowest BCUT2D eigenvalue weighted by Gasteiger charge is -1.98. The molecule has 0 unspecified atom stereocenters. The molecule has 0 aliphatic heterocycles. The third-order valence-electron chi connectivity index (χ3n) is 3.70. The summed E-state index contributed by atoms with van der Waals surface area (Å²) in [6, 6.07) is 16.4. The zero-order valence-electron chi connectivity index (χ0n) is 13.9. The summed E-state index contributed by atoms with van der Waals surface area (Å²) in [6.07, 6.45) is 1.31. The third kappa shape index (κ3) is 3.88. The number of benzene rings is 2. The minimum atomic E-state index is -0.393. The molecule has 4 rings (SSSR count). The standard InChI is InChI=1S/C19H13ClN4O3/c20-14-8-4-7-13(9-14)19-23-16(24-27-19)10-21-17(25)15-11-26-18(22-15)12-5-2-1-3-6-12/h1-9,11H,10H2,(H,21,25). The Morgan fingerprint density at radius 2 is 1.81 bits per heavy atom. The van der Waals surface area contributed by atoms with Gasteiger partial charge in [-0.15, -0.1) is 0 Å². The second-order valence-corrected chi connectivity index (χ2v) is 6.05. The Kier molecular flexibility index (Phi) is 4.67. The van der Waals surface area contributed by atoms with Gasteiger partial charge in [0, 0.05) is 16.1 Å². The van der Waals surface area contributed by atoms with Crippen LogP contribution in [0.4, 0.5) is 0 Å². The normalized spacial score (nSPS) is 10.7. The number of aromatic nitrogens is 3. The maximum Gasteiger partial charge on any atom is 0.273 e. The Hall–Kier alpha value is -3.45. The molecule has 0 fully saturated rings. The number of carbonyl (C=O) groups excluding carboxylic acids is 1. The van der Waals surface area contributed by atoms with Crippen molar-refractivity contribution in [3.8, 4) is 22.9 Å². The maximum absolute atomic E-state index is 12.2. The van der Waals surface area contributed by atoms with E-state index in [2.05, 4.69) is 20.4 Å². The highest BCUT2D eigenvalue weighted by Gasteiger charge is 2.15. The number of hydrogen-bond donors (Lipinski definition) is 1. The van der Waals surface area contributed by atoms with Crippen molar-refractivity contribution < 1.29 is 13.7 Å². The van der Waals surface area contributed by atoms with Crippen molar-refractivity contribution in [2.24, 2.45) is 0 Å². The Morgan fingerprint density at radius 1 is 1.00 bits per heavy atom. The average molecular weight is 381 g/mol. The third-order valence-corrected chi connectivity index (χ3v) is 3.94. The van der Waals surface area contributed by atoms with Crippen LogP contribution in [0.15, 0.2) is 69.8 Å². The Bertz CT molecular complexity index is 1080. The van der Waals surface area contributed by atoms with E-state index in [9.17, 15) is 4.79 Å². The second kappa shape index (κ2) is 7.43. The molecule has 1 N–H and O–H groups in total. The summed E-state index contributed by atoms with van der Waals surface area (Å²) in [5.41, 5.74) is 1.67. The van der Waals surface area contributed by atoms with Crippen molar-refractivity contribution in [1.82, 2.24) is 20.4 Å². The molecule has 8 heteroatoms. The van der Waals surface area contributed by atoms with Gasteiger partial charge in [0.1, 0.15) is 6.26 Å². The fourth-order valence-electron chi connectivity index (χ4n) is 2.41. The van der Waals surface area contributed by atoms with Gasteiger partial charge in [0.2, 0.25) is 5.89 Å². The maximum atomic E-state index is 12.2. The highest BCUT2D eigenvalue weighted by molar-refractivity contribution is 6.30. The quantitative estimate of drug-likeness (QED) is 0.563. The van der Waals surface area contributed by atoms with Gasteiger partial charge in [-0.25, -0.2) is 4.98 Å². The highest BCUT2D eigenvalue weighted by Crippen LogP contribution is 2.21. The predicted molar refractivity (Wildman–Crippen MR) is 97.9 cm³/mol. The Balaban J connectivity index is 1.41. The van der Waals surface area contributed by atoms with Gasteiger partial charge in [-0.2, -0.15) is 4.98 Å². The number of nitrogens with one attached hydrogen (secondary N) is 1. The second-order valence-electron chi connectivity index (χ2n) is 5.61. The molecule has 0 aliphatic carbocycles. The van der Waals surface area contributed by atoms with Crippen LogP contribution in [0, 0.1) is 0 Å². The molecule has 134 valence electrons. The summed E-state index contributed by atoms with van der Waals surface area (Å²) in [5, 5.41) is 7.11. The summed E-state index contributed by atoms with van der Waals surface area (Å²) in [5.74, 6) is 0.651. The summed E-state index contributed by atoms with van der Waals surface area (Å²) >= 11 is 5.96. The van der Waals surface area contributed by atoms with E-state index in [-0.39, 0.29) is 12.2 Å². The van der Waals surface area contributed by atoms with Crippen LogP contribution in [-0.2, 0) is 6.54 Å². The van der Waals surface area contributed by atoms with Gasteiger partial charge in [0.15, 0.2) is 11.5 Å². The highest BCUT2D eigenvalue weighted by atomic mass is 35.5. The predicted octanol–water partition coefficient (Wildman–Crippen LogP) is 3.98. The van der Waals surface area contributed by atoms with Crippen LogP contribution in [0.5, 0.6) is 0 Å². The molecule has 2 aromatic carbocycles. The van der Waals surface area contributed by atoms with E-state index in [0.29, 0.717) is 28.2 Å². The fraction of sp³-hybridized carbons (Fsp3) is 0.0526. The summed E-state index contributed by atoms with van der Waals surface area (Å²) < 4.78 is 10.6. The van der Waals surface area contributed by atoms with Gasteiger partial charge in [0.25, 0.3) is 11.8 Å². The van der Waals surface area contributed by atoms with Crippen molar-refractivity contribution in [2.75, 3.05) is 0 Å². The molecule has 7 nitrogen and oxygen atoms in total. The van der Waals surface area contributed by atoms with Gasteiger partial charge >= 0.3 is 0 Å². The van der Waals surface area contributed by atoms with E-state index in [1.54, 1.807) is 18.2 Å². The van der Waals surface area contributed by atoms with Gasteiger partial charge in [-0.05, 0) is 30.3 Å². The molecule has 0 atom stereocenters. The minimum Gasteiger partial charge on any atom is -0.444 e. The monoisotopic (exact) mass is 380 g/mol. The minimum absolute atomic E-state index is 0.0937. The lowest BCUT2D eigenvalue weighted by molar-refractivity contribution is 0.0944. The molecule has 0 spiro atoms. The number of hydrogen-bond acceptors (Lipinski definition) is 6. The lowest BCUT2D eigenvalue weighted by Crippen LogP contribution is -2.23. The molecule has 0 radical (unpaired) electrons. The molecular formula is C19H13ClN4O3. The van der Waals surface area contributed by atoms with E-state index in [4.69, 9.17) is 20.5 Å². The number of rotatable bonds is 5. The van der Waals surface area contributed by atoms with Crippen LogP contribution in [-0.4, -0.2) is 21.0 Å². The molecule has 1 amide bonds. The first-order chi connectivity index (χ1) is 13.2. The fourth-order valence-corrected chi connectivity index (χ4v) is 2.60. The Labute approximate surface area is 159 Å². The first kappa shape index (κ1) is 17.0. The molecule has 0 saturated carbocycles. The molecule has 0 saturated heterocycles. The SMILES string of the molecule is O=C(NCc1noc(-c2cccc(Cl)c2)n1)c1coc(-c2ccccc2)n1. The van der Waals surface area contributed by atoms with Gasteiger partial charge < -0.3 is 14.3 Å². The van der Waals surface area contributed by atoms with Crippen LogP contribution in [0.1, 0.15) is 16.3 Å². The molecular weight excluding hydrogens is 368 g/mol. The summed E-state index contributed by atoms with van der Waals surface area (Å²) in [6.45, 7) is 0.0937.